The van der Waals surface area contributed by atoms with E-state index in [2.05, 4.69) is 20.4 Å². The van der Waals surface area contributed by atoms with Gasteiger partial charge in [-0.15, -0.1) is 0 Å². The van der Waals surface area contributed by atoms with Crippen LogP contribution in [0.1, 0.15) is 24.2 Å². The van der Waals surface area contributed by atoms with Crippen molar-refractivity contribution in [1.29, 1.82) is 0 Å². The highest BCUT2D eigenvalue weighted by Crippen LogP contribution is 2.25. The molecule has 2 aromatic heterocycles. The van der Waals surface area contributed by atoms with E-state index >= 15 is 0 Å². The number of nitrogens with zero attached hydrogens (tertiary/aromatic N) is 5. The second-order valence-electron chi connectivity index (χ2n) is 7.47. The van der Waals surface area contributed by atoms with Crippen molar-refractivity contribution in [3.8, 4) is 5.82 Å². The Kier molecular flexibility index (Phi) is 5.43. The van der Waals surface area contributed by atoms with Gasteiger partial charge in [-0.25, -0.2) is 23.4 Å². The Morgan fingerprint density at radius 2 is 1.93 bits per heavy atom. The Morgan fingerprint density at radius 3 is 2.67 bits per heavy atom. The molecule has 0 bridgehead atoms. The molecule has 0 spiro atoms. The molecule has 1 fully saturated rings. The van der Waals surface area contributed by atoms with Crippen molar-refractivity contribution in [2.75, 3.05) is 23.3 Å². The number of rotatable bonds is 4. The number of halogens is 2. The van der Waals surface area contributed by atoms with Crippen LogP contribution in [0.15, 0.2) is 36.7 Å². The van der Waals surface area contributed by atoms with Crippen LogP contribution in [0, 0.1) is 31.4 Å². The van der Waals surface area contributed by atoms with E-state index in [1.807, 2.05) is 30.9 Å². The number of nitrogens with one attached hydrogen (secondary N) is 1. The number of hydrogen-bond acceptors (Lipinski definition) is 5. The molecule has 1 N–H and O–H groups in total. The molecule has 3 aromatic rings. The van der Waals surface area contributed by atoms with E-state index in [0.29, 0.717) is 24.6 Å². The zero-order valence-electron chi connectivity index (χ0n) is 16.8. The predicted octanol–water partition coefficient (Wildman–Crippen LogP) is 3.41. The monoisotopic (exact) mass is 412 g/mol. The number of aromatic nitrogens is 4. The maximum absolute atomic E-state index is 13.9. The summed E-state index contributed by atoms with van der Waals surface area (Å²) in [5.74, 6) is -0.741. The van der Waals surface area contributed by atoms with Gasteiger partial charge in [-0.2, -0.15) is 5.10 Å². The molecule has 1 saturated heterocycles. The summed E-state index contributed by atoms with van der Waals surface area (Å²) in [6.07, 6.45) is 2.96. The molecular weight excluding hydrogens is 390 g/mol. The largest absolute Gasteiger partial charge is 0.356 e. The van der Waals surface area contributed by atoms with Gasteiger partial charge in [0, 0.05) is 30.9 Å². The molecule has 1 aliphatic rings. The minimum Gasteiger partial charge on any atom is -0.356 e. The van der Waals surface area contributed by atoms with Crippen LogP contribution in [-0.2, 0) is 4.79 Å². The van der Waals surface area contributed by atoms with E-state index in [-0.39, 0.29) is 17.5 Å². The Labute approximate surface area is 172 Å². The van der Waals surface area contributed by atoms with Gasteiger partial charge in [-0.05, 0) is 44.9 Å². The van der Waals surface area contributed by atoms with Gasteiger partial charge in [-0.3, -0.25) is 4.79 Å². The normalized spacial score (nSPS) is 16.5. The number of aryl methyl sites for hydroxylation is 2. The maximum Gasteiger partial charge on any atom is 0.229 e. The number of piperidine rings is 1. The van der Waals surface area contributed by atoms with Crippen LogP contribution in [0.3, 0.4) is 0 Å². The van der Waals surface area contributed by atoms with E-state index < -0.39 is 11.6 Å². The van der Waals surface area contributed by atoms with Crippen LogP contribution in [-0.4, -0.2) is 38.7 Å². The van der Waals surface area contributed by atoms with Gasteiger partial charge in [0.25, 0.3) is 0 Å². The molecule has 1 aliphatic heterocycles. The van der Waals surface area contributed by atoms with Crippen LogP contribution >= 0.6 is 0 Å². The third kappa shape index (κ3) is 4.14. The molecule has 3 heterocycles. The summed E-state index contributed by atoms with van der Waals surface area (Å²) in [6, 6.07) is 6.92. The van der Waals surface area contributed by atoms with E-state index in [9.17, 15) is 13.6 Å². The molecule has 4 rings (SSSR count). The average Bonchev–Trinajstić information content (AvgIpc) is 3.08. The van der Waals surface area contributed by atoms with E-state index in [1.165, 1.54) is 12.4 Å². The summed E-state index contributed by atoms with van der Waals surface area (Å²) in [5, 5.41) is 7.03. The molecule has 0 radical (unpaired) electrons. The minimum absolute atomic E-state index is 0.0210. The van der Waals surface area contributed by atoms with Crippen LogP contribution in [0.25, 0.3) is 5.82 Å². The fraction of sp³-hybridized carbons (Fsp3) is 0.333. The van der Waals surface area contributed by atoms with Crippen LogP contribution < -0.4 is 10.2 Å². The highest BCUT2D eigenvalue weighted by molar-refractivity contribution is 5.93. The lowest BCUT2D eigenvalue weighted by Crippen LogP contribution is -2.41. The highest BCUT2D eigenvalue weighted by atomic mass is 19.1. The molecule has 9 heteroatoms. The van der Waals surface area contributed by atoms with Gasteiger partial charge in [0.15, 0.2) is 5.82 Å². The molecule has 156 valence electrons. The predicted molar refractivity (Wildman–Crippen MR) is 109 cm³/mol. The summed E-state index contributed by atoms with van der Waals surface area (Å²) in [5.41, 5.74) is 1.84. The Hall–Kier alpha value is -3.36. The SMILES string of the molecule is Cc1cc(C)n(-c2cc(N3CCCC(C(=O)Nc4ccc(F)cc4F)C3)ncn2)n1. The van der Waals surface area contributed by atoms with E-state index in [4.69, 9.17) is 0 Å². The molecule has 1 atom stereocenters. The molecular formula is C21H22F2N6O. The van der Waals surface area contributed by atoms with Crippen molar-refractivity contribution < 1.29 is 13.6 Å². The number of carbonyl (C=O) groups excluding carboxylic acids is 1. The first kappa shape index (κ1) is 19.9. The molecule has 0 aliphatic carbocycles. The smallest absolute Gasteiger partial charge is 0.229 e. The highest BCUT2D eigenvalue weighted by Gasteiger charge is 2.27. The van der Waals surface area contributed by atoms with Gasteiger partial charge in [0.1, 0.15) is 23.8 Å². The zero-order valence-corrected chi connectivity index (χ0v) is 16.8. The van der Waals surface area contributed by atoms with Crippen molar-refractivity contribution in [2.24, 2.45) is 5.92 Å². The average molecular weight is 412 g/mol. The minimum atomic E-state index is -0.790. The third-order valence-electron chi connectivity index (χ3n) is 5.17. The fourth-order valence-electron chi connectivity index (χ4n) is 3.71. The molecule has 30 heavy (non-hydrogen) atoms. The number of hydrogen-bond donors (Lipinski definition) is 1. The summed E-state index contributed by atoms with van der Waals surface area (Å²) in [4.78, 5) is 23.4. The fourth-order valence-corrected chi connectivity index (χ4v) is 3.71. The van der Waals surface area contributed by atoms with Gasteiger partial charge < -0.3 is 10.2 Å². The standard InChI is InChI=1S/C21H22F2N6O/c1-13-8-14(2)29(27-13)20-10-19(24-12-25-20)28-7-3-4-15(11-28)21(30)26-18-6-5-16(22)9-17(18)23/h5-6,8-10,12,15H,3-4,7,11H2,1-2H3,(H,26,30). The van der Waals surface area contributed by atoms with Gasteiger partial charge >= 0.3 is 0 Å². The van der Waals surface area contributed by atoms with Crippen molar-refractivity contribution in [2.45, 2.75) is 26.7 Å². The van der Waals surface area contributed by atoms with Crippen molar-refractivity contribution >= 4 is 17.4 Å². The second kappa shape index (κ2) is 8.17. The van der Waals surface area contributed by atoms with Crippen LogP contribution in [0.2, 0.25) is 0 Å². The number of carbonyl (C=O) groups is 1. The number of anilines is 2. The van der Waals surface area contributed by atoms with E-state index in [0.717, 1.165) is 36.5 Å². The van der Waals surface area contributed by atoms with Crippen molar-refractivity contribution in [3.05, 3.63) is 59.7 Å². The first-order chi connectivity index (χ1) is 14.4. The van der Waals surface area contributed by atoms with Gasteiger partial charge in [-0.1, -0.05) is 0 Å². The summed E-state index contributed by atoms with van der Waals surface area (Å²) in [6.45, 7) is 5.07. The van der Waals surface area contributed by atoms with E-state index in [1.54, 1.807) is 4.68 Å². The summed E-state index contributed by atoms with van der Waals surface area (Å²) >= 11 is 0. The first-order valence-corrected chi connectivity index (χ1v) is 9.77. The van der Waals surface area contributed by atoms with Crippen LogP contribution in [0.5, 0.6) is 0 Å². The molecule has 0 saturated carbocycles. The number of benzene rings is 1. The molecule has 1 aromatic carbocycles. The molecule has 1 unspecified atom stereocenters. The molecule has 1 amide bonds. The third-order valence-corrected chi connectivity index (χ3v) is 5.17. The quantitative estimate of drug-likeness (QED) is 0.711. The summed E-state index contributed by atoms with van der Waals surface area (Å²) < 4.78 is 28.7. The maximum atomic E-state index is 13.9. The molecule has 7 nitrogen and oxygen atoms in total. The Balaban J connectivity index is 1.49. The lowest BCUT2D eigenvalue weighted by atomic mass is 9.97. The number of amides is 1. The Bertz CT molecular complexity index is 1080. The topological polar surface area (TPSA) is 75.9 Å². The Morgan fingerprint density at radius 1 is 1.13 bits per heavy atom. The van der Waals surface area contributed by atoms with Gasteiger partial charge in [0.05, 0.1) is 17.3 Å². The zero-order chi connectivity index (χ0) is 21.3. The first-order valence-electron chi connectivity index (χ1n) is 9.77. The lowest BCUT2D eigenvalue weighted by molar-refractivity contribution is -0.120. The van der Waals surface area contributed by atoms with Gasteiger partial charge in [0.2, 0.25) is 5.91 Å². The van der Waals surface area contributed by atoms with Crippen molar-refractivity contribution in [3.63, 3.8) is 0 Å². The summed E-state index contributed by atoms with van der Waals surface area (Å²) in [7, 11) is 0. The van der Waals surface area contributed by atoms with Crippen LogP contribution in [0.4, 0.5) is 20.3 Å². The lowest BCUT2D eigenvalue weighted by Gasteiger charge is -2.33. The second-order valence-corrected chi connectivity index (χ2v) is 7.47. The van der Waals surface area contributed by atoms with Crippen molar-refractivity contribution in [1.82, 2.24) is 19.7 Å².